The van der Waals surface area contributed by atoms with Crippen molar-refractivity contribution in [1.82, 2.24) is 5.16 Å². The molecule has 5 nitrogen and oxygen atoms in total. The summed E-state index contributed by atoms with van der Waals surface area (Å²) in [6.07, 6.45) is 0.921. The van der Waals surface area contributed by atoms with Gasteiger partial charge in [0, 0.05) is 12.5 Å². The maximum Gasteiger partial charge on any atom is 0.178 e. The van der Waals surface area contributed by atoms with E-state index in [0.29, 0.717) is 18.9 Å². The number of para-hydroxylation sites is 1. The van der Waals surface area contributed by atoms with Crippen molar-refractivity contribution in [3.05, 3.63) is 120 Å². The third kappa shape index (κ3) is 6.14. The number of nitrogens with zero attached hydrogens (tertiary/aromatic N) is 2. The normalized spacial score (nSPS) is 11.6. The highest BCUT2D eigenvalue weighted by Gasteiger charge is 2.38. The van der Waals surface area contributed by atoms with Crippen LogP contribution in [0.1, 0.15) is 29.0 Å². The highest BCUT2D eigenvalue weighted by Crippen LogP contribution is 2.37. The molecule has 1 aromatic heterocycles. The Balaban J connectivity index is 0.00000324. The van der Waals surface area contributed by atoms with Gasteiger partial charge in [0.15, 0.2) is 11.4 Å². The lowest BCUT2D eigenvalue weighted by Crippen LogP contribution is -3.00. The van der Waals surface area contributed by atoms with Gasteiger partial charge in [-0.15, -0.1) is 0 Å². The van der Waals surface area contributed by atoms with E-state index in [9.17, 15) is 5.11 Å². The van der Waals surface area contributed by atoms with Crippen LogP contribution in [-0.2, 0) is 12.1 Å². The van der Waals surface area contributed by atoms with Gasteiger partial charge in [0.2, 0.25) is 0 Å². The first kappa shape index (κ1) is 25.7. The van der Waals surface area contributed by atoms with Gasteiger partial charge in [-0.2, -0.15) is 0 Å². The Morgan fingerprint density at radius 3 is 1.94 bits per heavy atom. The van der Waals surface area contributed by atoms with Crippen LogP contribution in [-0.4, -0.2) is 42.0 Å². The number of aliphatic hydroxyl groups is 1. The number of benzene rings is 3. The lowest BCUT2D eigenvalue weighted by molar-refractivity contribution is -0.904. The van der Waals surface area contributed by atoms with Crippen LogP contribution in [0.15, 0.2) is 102 Å². The first-order valence-electron chi connectivity index (χ1n) is 11.3. The summed E-state index contributed by atoms with van der Waals surface area (Å²) in [5.74, 6) is 1.31. The largest absolute Gasteiger partial charge is 1.00 e. The smallest absolute Gasteiger partial charge is 0.178 e. The summed E-state index contributed by atoms with van der Waals surface area (Å²) in [6, 6.07) is 30.9. The van der Waals surface area contributed by atoms with Gasteiger partial charge < -0.3 is 35.8 Å². The van der Waals surface area contributed by atoms with Gasteiger partial charge in [-0.05, 0) is 23.3 Å². The molecule has 4 aromatic rings. The predicted molar refractivity (Wildman–Crippen MR) is 129 cm³/mol. The molecule has 0 radical (unpaired) electrons. The molecule has 1 N–H and O–H groups in total. The number of hydrogen-bond acceptors (Lipinski definition) is 4. The molecule has 1 heterocycles. The Morgan fingerprint density at radius 2 is 1.38 bits per heavy atom. The minimum absolute atomic E-state index is 0. The molecule has 0 bridgehead atoms. The molecule has 6 heteroatoms. The number of ether oxygens (including phenoxy) is 1. The maximum atomic E-state index is 11.9. The van der Waals surface area contributed by atoms with E-state index < -0.39 is 5.60 Å². The van der Waals surface area contributed by atoms with Gasteiger partial charge in [-0.1, -0.05) is 84.0 Å². The fourth-order valence-corrected chi connectivity index (χ4v) is 4.08. The van der Waals surface area contributed by atoms with Crippen LogP contribution in [0.2, 0.25) is 0 Å². The van der Waals surface area contributed by atoms with E-state index >= 15 is 0 Å². The van der Waals surface area contributed by atoms with E-state index in [2.05, 4.69) is 19.3 Å². The molecule has 0 atom stereocenters. The predicted octanol–water partition coefficient (Wildman–Crippen LogP) is 2.01. The number of aromatic nitrogens is 1. The van der Waals surface area contributed by atoms with E-state index in [1.165, 1.54) is 0 Å². The van der Waals surface area contributed by atoms with Crippen LogP contribution in [0.5, 0.6) is 5.75 Å². The monoisotopic (exact) mass is 522 g/mol. The van der Waals surface area contributed by atoms with E-state index in [-0.39, 0.29) is 17.0 Å². The molecule has 0 saturated heterocycles. The first-order valence-corrected chi connectivity index (χ1v) is 11.3. The van der Waals surface area contributed by atoms with E-state index in [1.807, 2.05) is 97.1 Å². The Morgan fingerprint density at radius 1 is 0.853 bits per heavy atom. The number of halogens is 1. The summed E-state index contributed by atoms with van der Waals surface area (Å²) in [4.78, 5) is 0. The Kier molecular flexibility index (Phi) is 8.67. The molecule has 0 aliphatic rings. The van der Waals surface area contributed by atoms with Crippen molar-refractivity contribution in [3.63, 3.8) is 0 Å². The summed E-state index contributed by atoms with van der Waals surface area (Å²) in [6.45, 7) is 2.28. The highest BCUT2D eigenvalue weighted by molar-refractivity contribution is 5.43. The Hall–Kier alpha value is -2.93. The first-order chi connectivity index (χ1) is 16.0. The van der Waals surface area contributed by atoms with Crippen LogP contribution in [0, 0.1) is 0 Å². The second kappa shape index (κ2) is 11.5. The van der Waals surface area contributed by atoms with Gasteiger partial charge in [0.25, 0.3) is 0 Å². The second-order valence-corrected chi connectivity index (χ2v) is 8.96. The summed E-state index contributed by atoms with van der Waals surface area (Å²) in [5, 5.41) is 16.2. The van der Waals surface area contributed by atoms with E-state index in [0.717, 1.165) is 40.0 Å². The molecule has 0 spiro atoms. The van der Waals surface area contributed by atoms with Crippen LogP contribution >= 0.6 is 0 Å². The number of quaternary nitrogens is 1. The van der Waals surface area contributed by atoms with Crippen LogP contribution in [0.25, 0.3) is 0 Å². The lowest BCUT2D eigenvalue weighted by Gasteiger charge is -2.29. The Bertz CT molecular complexity index is 1090. The average molecular weight is 523 g/mol. The number of hydrogen-bond donors (Lipinski definition) is 1. The third-order valence-electron chi connectivity index (χ3n) is 5.81. The lowest BCUT2D eigenvalue weighted by atomic mass is 9.84. The van der Waals surface area contributed by atoms with Crippen molar-refractivity contribution in [2.45, 2.75) is 18.6 Å². The topological polar surface area (TPSA) is 55.5 Å². The summed E-state index contributed by atoms with van der Waals surface area (Å²) in [5.41, 5.74) is 0.884. The average Bonchev–Trinajstić information content (AvgIpc) is 3.31. The minimum Gasteiger partial charge on any atom is -1.00 e. The Labute approximate surface area is 212 Å². The van der Waals surface area contributed by atoms with Gasteiger partial charge in [-0.3, -0.25) is 0 Å². The molecule has 0 amide bonds. The molecule has 4 rings (SSSR count). The van der Waals surface area contributed by atoms with Gasteiger partial charge in [0.05, 0.1) is 27.2 Å². The van der Waals surface area contributed by atoms with Gasteiger partial charge in [0.1, 0.15) is 18.0 Å². The standard InChI is InChI=1S/C28H31N2O3.BrH/c1-30(2,19-12-20-32-26-17-10-5-11-18-26)22-25-21-27(33-29-25)28(31,23-13-6-3-7-14-23)24-15-8-4-9-16-24;/h3-11,13-18,21,31H,12,19-20,22H2,1-2H3;1H/q+1;/p-1. The van der Waals surface area contributed by atoms with Crippen molar-refractivity contribution in [1.29, 1.82) is 0 Å². The third-order valence-corrected chi connectivity index (χ3v) is 5.81. The molecule has 0 unspecified atom stereocenters. The molecule has 34 heavy (non-hydrogen) atoms. The molecule has 0 aliphatic carbocycles. The summed E-state index contributed by atoms with van der Waals surface area (Å²) in [7, 11) is 4.33. The second-order valence-electron chi connectivity index (χ2n) is 8.96. The minimum atomic E-state index is -1.41. The highest BCUT2D eigenvalue weighted by atomic mass is 79.9. The molecule has 0 aliphatic heterocycles. The molecular weight excluding hydrogens is 492 g/mol. The van der Waals surface area contributed by atoms with Crippen LogP contribution in [0.3, 0.4) is 0 Å². The molecule has 0 saturated carbocycles. The van der Waals surface area contributed by atoms with Gasteiger partial charge in [-0.25, -0.2) is 0 Å². The zero-order valence-corrected chi connectivity index (χ0v) is 21.2. The van der Waals surface area contributed by atoms with Crippen molar-refractivity contribution in [2.24, 2.45) is 0 Å². The maximum absolute atomic E-state index is 11.9. The van der Waals surface area contributed by atoms with Crippen molar-refractivity contribution in [3.8, 4) is 5.75 Å². The molecule has 0 fully saturated rings. The van der Waals surface area contributed by atoms with Crippen LogP contribution in [0.4, 0.5) is 0 Å². The van der Waals surface area contributed by atoms with Crippen molar-refractivity contribution in [2.75, 3.05) is 27.2 Å². The fourth-order valence-electron chi connectivity index (χ4n) is 4.08. The summed E-state index contributed by atoms with van der Waals surface area (Å²) >= 11 is 0. The van der Waals surface area contributed by atoms with Crippen LogP contribution < -0.4 is 21.7 Å². The van der Waals surface area contributed by atoms with E-state index in [4.69, 9.17) is 9.26 Å². The fraction of sp³-hybridized carbons (Fsp3) is 0.250. The summed E-state index contributed by atoms with van der Waals surface area (Å²) < 4.78 is 12.3. The zero-order valence-electron chi connectivity index (χ0n) is 19.6. The van der Waals surface area contributed by atoms with Gasteiger partial charge >= 0.3 is 0 Å². The quantitative estimate of drug-likeness (QED) is 0.255. The van der Waals surface area contributed by atoms with Crippen molar-refractivity contribution >= 4 is 0 Å². The van der Waals surface area contributed by atoms with E-state index in [1.54, 1.807) is 0 Å². The molecular formula is C28H31BrN2O3. The SMILES string of the molecule is C[N+](C)(CCCOc1ccccc1)Cc1cc(C(O)(c2ccccc2)c2ccccc2)on1.[Br-]. The number of rotatable bonds is 10. The van der Waals surface area contributed by atoms with Crippen molar-refractivity contribution < 1.29 is 35.8 Å². The molecule has 3 aromatic carbocycles. The zero-order chi connectivity index (χ0) is 23.2. The molecule has 178 valence electrons.